The van der Waals surface area contributed by atoms with Gasteiger partial charge in [0.1, 0.15) is 11.6 Å². The Kier molecular flexibility index (Phi) is 10.3. The summed E-state index contributed by atoms with van der Waals surface area (Å²) in [6.45, 7) is 11.7. The molecule has 0 radical (unpaired) electrons. The number of halogens is 1. The van der Waals surface area contributed by atoms with Gasteiger partial charge in [-0.2, -0.15) is 0 Å². The summed E-state index contributed by atoms with van der Waals surface area (Å²) in [6, 6.07) is 6.19. The van der Waals surface area contributed by atoms with E-state index in [4.69, 9.17) is 25.8 Å². The molecule has 1 heterocycles. The minimum absolute atomic E-state index is 0.0615. The van der Waals surface area contributed by atoms with Crippen molar-refractivity contribution in [2.45, 2.75) is 65.2 Å². The first-order chi connectivity index (χ1) is 16.2. The summed E-state index contributed by atoms with van der Waals surface area (Å²) in [6.07, 6.45) is 0.487. The molecule has 0 saturated carbocycles. The van der Waals surface area contributed by atoms with Gasteiger partial charge in [0.15, 0.2) is 15.8 Å². The van der Waals surface area contributed by atoms with Crippen LogP contribution in [0, 0.1) is 11.3 Å². The van der Waals surface area contributed by atoms with Gasteiger partial charge in [0, 0.05) is 30.1 Å². The van der Waals surface area contributed by atoms with Gasteiger partial charge in [0.25, 0.3) is 0 Å². The highest BCUT2D eigenvalue weighted by atomic mass is 35.5. The molecule has 0 bridgehead atoms. The Morgan fingerprint density at radius 1 is 1.26 bits per heavy atom. The van der Waals surface area contributed by atoms with Crippen molar-refractivity contribution >= 4 is 32.6 Å². The average molecular weight is 532 g/mol. The zero-order chi connectivity index (χ0) is 26.4. The molecule has 198 valence electrons. The first kappa shape index (κ1) is 29.7. The molecule has 11 heteroatoms. The zero-order valence-corrected chi connectivity index (χ0v) is 23.1. The fourth-order valence-corrected chi connectivity index (χ4v) is 4.70. The number of rotatable bonds is 10. The van der Waals surface area contributed by atoms with E-state index >= 15 is 0 Å². The van der Waals surface area contributed by atoms with Crippen molar-refractivity contribution in [3.8, 4) is 0 Å². The van der Waals surface area contributed by atoms with Gasteiger partial charge in [-0.25, -0.2) is 4.79 Å². The highest BCUT2D eigenvalue weighted by molar-refractivity contribution is 7.24. The highest BCUT2D eigenvalue weighted by Gasteiger charge is 2.52. The predicted molar refractivity (Wildman–Crippen MR) is 137 cm³/mol. The van der Waals surface area contributed by atoms with E-state index in [1.807, 2.05) is 39.8 Å². The Labute approximate surface area is 214 Å². The number of amides is 3. The van der Waals surface area contributed by atoms with Crippen molar-refractivity contribution in [2.75, 3.05) is 26.4 Å². The molecule has 1 aromatic rings. The van der Waals surface area contributed by atoms with Crippen LogP contribution in [-0.2, 0) is 19.7 Å². The summed E-state index contributed by atoms with van der Waals surface area (Å²) in [7, 11) is -0.692. The molecule has 0 aromatic heterocycles. The molecule has 1 saturated heterocycles. The first-order valence-electron chi connectivity index (χ1n) is 11.7. The predicted octanol–water partition coefficient (Wildman–Crippen LogP) is 3.38. The van der Waals surface area contributed by atoms with E-state index < -0.39 is 37.7 Å². The summed E-state index contributed by atoms with van der Waals surface area (Å²) < 4.78 is 11.4. The third-order valence-electron chi connectivity index (χ3n) is 6.37. The van der Waals surface area contributed by atoms with Crippen LogP contribution >= 0.6 is 20.6 Å². The fraction of sp³-hybridized carbons (Fsp3) is 0.667. The molecule has 1 aliphatic rings. The normalized spacial score (nSPS) is 21.4. The lowest BCUT2D eigenvalue weighted by atomic mass is 9.66. The zero-order valence-electron chi connectivity index (χ0n) is 21.4. The topological polar surface area (TPSA) is 120 Å². The van der Waals surface area contributed by atoms with E-state index in [0.29, 0.717) is 24.5 Å². The largest absolute Gasteiger partial charge is 0.389 e. The van der Waals surface area contributed by atoms with Crippen molar-refractivity contribution in [2.24, 2.45) is 11.3 Å². The van der Waals surface area contributed by atoms with Crippen molar-refractivity contribution < 1.29 is 28.8 Å². The van der Waals surface area contributed by atoms with Crippen LogP contribution < -0.4 is 10.6 Å². The Hall–Kier alpha value is -1.48. The van der Waals surface area contributed by atoms with Gasteiger partial charge in [-0.15, -0.1) is 0 Å². The van der Waals surface area contributed by atoms with Crippen LogP contribution in [0.3, 0.4) is 0 Å². The number of carbonyl (C=O) groups is 2. The lowest BCUT2D eigenvalue weighted by Crippen LogP contribution is -2.62. The molecular weight excluding hydrogens is 493 g/mol. The van der Waals surface area contributed by atoms with E-state index in [1.165, 1.54) is 0 Å². The second-order valence-corrected chi connectivity index (χ2v) is 11.5. The summed E-state index contributed by atoms with van der Waals surface area (Å²) in [5, 5.41) is 15.8. The number of urea groups is 1. The van der Waals surface area contributed by atoms with Gasteiger partial charge in [-0.3, -0.25) is 4.79 Å². The van der Waals surface area contributed by atoms with Crippen LogP contribution in [0.5, 0.6) is 0 Å². The molecule has 2 unspecified atom stereocenters. The van der Waals surface area contributed by atoms with E-state index in [-0.39, 0.29) is 25.2 Å². The number of likely N-dealkylation sites (tertiary alicyclic amines) is 1. The number of hydrogen-bond acceptors (Lipinski definition) is 6. The molecule has 1 aliphatic heterocycles. The van der Waals surface area contributed by atoms with E-state index in [0.717, 1.165) is 5.56 Å². The standard InChI is InChI=1S/C24H39ClN3O6P/c1-16(2)19(27-21(30)26-13-23(5,6)31)20(29)28-12-11-24(22(3,4)14-28,33-15-34-35-32)17-7-9-18(25)10-8-17/h7-10,16,19,31-32,35H,11-15H2,1-6H3,(H2,26,27,30)/t19?,24-/m0/s1. The molecule has 0 spiro atoms. The summed E-state index contributed by atoms with van der Waals surface area (Å²) in [5.41, 5.74) is -1.47. The van der Waals surface area contributed by atoms with E-state index in [1.54, 1.807) is 30.9 Å². The number of benzene rings is 1. The third-order valence-corrected chi connectivity index (χ3v) is 6.86. The van der Waals surface area contributed by atoms with Gasteiger partial charge < -0.3 is 34.8 Å². The maximum absolute atomic E-state index is 13.5. The molecule has 2 rings (SSSR count). The minimum Gasteiger partial charge on any atom is -0.389 e. The Bertz CT molecular complexity index is 862. The molecule has 1 aromatic carbocycles. The van der Waals surface area contributed by atoms with Crippen LogP contribution in [0.4, 0.5) is 4.79 Å². The van der Waals surface area contributed by atoms with Gasteiger partial charge in [-0.1, -0.05) is 51.4 Å². The number of piperidine rings is 1. The quantitative estimate of drug-likeness (QED) is 0.209. The van der Waals surface area contributed by atoms with Crippen molar-refractivity contribution in [3.05, 3.63) is 34.9 Å². The lowest BCUT2D eigenvalue weighted by molar-refractivity contribution is -0.200. The van der Waals surface area contributed by atoms with Gasteiger partial charge in [0.05, 0.1) is 5.60 Å². The van der Waals surface area contributed by atoms with Crippen LogP contribution in [0.15, 0.2) is 24.3 Å². The summed E-state index contributed by atoms with van der Waals surface area (Å²) in [5.74, 6) is -0.319. The number of hydrogen-bond donors (Lipinski definition) is 4. The number of nitrogens with one attached hydrogen (secondary N) is 2. The van der Waals surface area contributed by atoms with Crippen molar-refractivity contribution in [1.29, 1.82) is 0 Å². The van der Waals surface area contributed by atoms with Crippen LogP contribution in [0.2, 0.25) is 5.02 Å². The SMILES string of the molecule is CC(C)C(NC(=O)NCC(C)(C)O)C(=O)N1CC[C@](OCOPO)(c2ccc(Cl)cc2)C(C)(C)C1. The summed E-state index contributed by atoms with van der Waals surface area (Å²) in [4.78, 5) is 36.8. The molecular formula is C24H39ClN3O6P. The Morgan fingerprint density at radius 2 is 1.89 bits per heavy atom. The molecule has 1 fully saturated rings. The highest BCUT2D eigenvalue weighted by Crippen LogP contribution is 2.49. The van der Waals surface area contributed by atoms with E-state index in [9.17, 15) is 14.7 Å². The molecule has 9 nitrogen and oxygen atoms in total. The van der Waals surface area contributed by atoms with Gasteiger partial charge in [-0.05, 0) is 43.9 Å². The summed E-state index contributed by atoms with van der Waals surface area (Å²) >= 11 is 6.11. The molecule has 3 atom stereocenters. The lowest BCUT2D eigenvalue weighted by Gasteiger charge is -2.53. The molecule has 0 aliphatic carbocycles. The van der Waals surface area contributed by atoms with Gasteiger partial charge in [0.2, 0.25) is 5.91 Å². The second-order valence-electron chi connectivity index (χ2n) is 10.6. The molecule has 3 amide bonds. The number of aliphatic hydroxyl groups is 1. The minimum atomic E-state index is -1.06. The number of nitrogens with zero attached hydrogens (tertiary/aromatic N) is 1. The van der Waals surface area contributed by atoms with Crippen LogP contribution in [0.1, 0.15) is 53.5 Å². The molecule has 4 N–H and O–H groups in total. The first-order valence-corrected chi connectivity index (χ1v) is 12.9. The fourth-order valence-electron chi connectivity index (χ4n) is 4.46. The van der Waals surface area contributed by atoms with Crippen molar-refractivity contribution in [1.82, 2.24) is 15.5 Å². The monoisotopic (exact) mass is 531 g/mol. The van der Waals surface area contributed by atoms with E-state index in [2.05, 4.69) is 10.6 Å². The second kappa shape index (κ2) is 12.2. The Morgan fingerprint density at radius 3 is 2.40 bits per heavy atom. The van der Waals surface area contributed by atoms with Crippen LogP contribution in [-0.4, -0.2) is 64.9 Å². The van der Waals surface area contributed by atoms with Gasteiger partial charge >= 0.3 is 6.03 Å². The van der Waals surface area contributed by atoms with Crippen molar-refractivity contribution in [3.63, 3.8) is 0 Å². The number of ether oxygens (including phenoxy) is 1. The smallest absolute Gasteiger partial charge is 0.315 e. The average Bonchev–Trinajstić information content (AvgIpc) is 2.76. The maximum atomic E-state index is 13.5. The third kappa shape index (κ3) is 7.75. The van der Waals surface area contributed by atoms with Crippen LogP contribution in [0.25, 0.3) is 0 Å². The maximum Gasteiger partial charge on any atom is 0.315 e. The number of carbonyl (C=O) groups excluding carboxylic acids is 2. The molecule has 35 heavy (non-hydrogen) atoms. The Balaban J connectivity index is 2.23.